The van der Waals surface area contributed by atoms with Crippen molar-refractivity contribution in [3.05, 3.63) is 29.7 Å². The molecule has 1 saturated heterocycles. The van der Waals surface area contributed by atoms with Crippen LogP contribution in [-0.4, -0.2) is 74.6 Å². The molecular weight excluding hydrogens is 522 g/mol. The summed E-state index contributed by atoms with van der Waals surface area (Å²) in [5.74, 6) is -2.71. The summed E-state index contributed by atoms with van der Waals surface area (Å²) in [7, 11) is -3.75. The lowest BCUT2D eigenvalue weighted by molar-refractivity contribution is -0.194. The van der Waals surface area contributed by atoms with Crippen LogP contribution in [0, 0.1) is 5.41 Å². The lowest BCUT2D eigenvalue weighted by Crippen LogP contribution is -2.49. The van der Waals surface area contributed by atoms with Gasteiger partial charge < -0.3 is 19.1 Å². The summed E-state index contributed by atoms with van der Waals surface area (Å²) in [4.78, 5) is 19.0. The Labute approximate surface area is 200 Å². The molecule has 16 heteroatoms. The standard InChI is InChI=1S/C20H20F6N4O5S/c1-36(32,33)12-2-3-14(34-11-18(4-5-18)20(24,25)26)13(10-12)15(31)29-6-8-30(9-7-29)17-27-16(35-28-17)19(21,22)23/h2-3,10H,4-9,11H2,1H3. The first-order chi connectivity index (χ1) is 16.6. The molecule has 1 aromatic carbocycles. The van der Waals surface area contributed by atoms with Crippen molar-refractivity contribution in [3.8, 4) is 5.75 Å². The van der Waals surface area contributed by atoms with Crippen LogP contribution in [0.4, 0.5) is 32.3 Å². The number of halogens is 6. The fraction of sp³-hybridized carbons (Fsp3) is 0.550. The average Bonchev–Trinajstić information content (AvgIpc) is 3.43. The molecule has 1 aromatic heterocycles. The monoisotopic (exact) mass is 542 g/mol. The van der Waals surface area contributed by atoms with Crippen LogP contribution in [-0.2, 0) is 16.0 Å². The molecule has 2 aromatic rings. The smallest absolute Gasteiger partial charge is 0.471 e. The van der Waals surface area contributed by atoms with Crippen LogP contribution < -0.4 is 9.64 Å². The minimum absolute atomic E-state index is 0.0102. The first-order valence-corrected chi connectivity index (χ1v) is 12.5. The van der Waals surface area contributed by atoms with Gasteiger partial charge in [0.05, 0.1) is 10.5 Å². The molecule has 4 rings (SSSR count). The fourth-order valence-corrected chi connectivity index (χ4v) is 4.30. The maximum Gasteiger partial charge on any atom is 0.471 e. The molecule has 0 radical (unpaired) electrons. The fourth-order valence-electron chi connectivity index (χ4n) is 3.65. The van der Waals surface area contributed by atoms with E-state index in [4.69, 9.17) is 4.74 Å². The highest BCUT2D eigenvalue weighted by molar-refractivity contribution is 7.90. The molecule has 1 aliphatic heterocycles. The molecule has 36 heavy (non-hydrogen) atoms. The van der Waals surface area contributed by atoms with Gasteiger partial charge in [-0.3, -0.25) is 4.79 Å². The topological polar surface area (TPSA) is 106 Å². The zero-order chi connectivity index (χ0) is 26.5. The van der Waals surface area contributed by atoms with Crippen LogP contribution in [0.1, 0.15) is 29.1 Å². The number of carbonyl (C=O) groups excluding carboxylic acids is 1. The molecule has 0 N–H and O–H groups in total. The van der Waals surface area contributed by atoms with Crippen molar-refractivity contribution in [2.24, 2.45) is 5.41 Å². The molecule has 2 fully saturated rings. The maximum absolute atomic E-state index is 13.3. The summed E-state index contributed by atoms with van der Waals surface area (Å²) in [5.41, 5.74) is -2.24. The Morgan fingerprint density at radius 1 is 1.11 bits per heavy atom. The summed E-state index contributed by atoms with van der Waals surface area (Å²) in [6.45, 7) is -0.681. The average molecular weight is 542 g/mol. The Kier molecular flexibility index (Phi) is 6.37. The van der Waals surface area contributed by atoms with Crippen LogP contribution in [0.2, 0.25) is 0 Å². The minimum atomic E-state index is -4.81. The highest BCUT2D eigenvalue weighted by atomic mass is 32.2. The van der Waals surface area contributed by atoms with Gasteiger partial charge in [0.15, 0.2) is 9.84 Å². The number of carbonyl (C=O) groups is 1. The number of sulfone groups is 1. The van der Waals surface area contributed by atoms with Crippen molar-refractivity contribution in [1.82, 2.24) is 15.0 Å². The molecule has 0 atom stereocenters. The third kappa shape index (κ3) is 5.22. The number of alkyl halides is 6. The number of nitrogens with zero attached hydrogens (tertiary/aromatic N) is 4. The molecule has 2 aliphatic rings. The summed E-state index contributed by atoms with van der Waals surface area (Å²) >= 11 is 0. The van der Waals surface area contributed by atoms with E-state index in [-0.39, 0.29) is 61.2 Å². The largest absolute Gasteiger partial charge is 0.492 e. The second-order valence-electron chi connectivity index (χ2n) is 8.67. The highest BCUT2D eigenvalue weighted by Crippen LogP contribution is 2.57. The number of aromatic nitrogens is 2. The van der Waals surface area contributed by atoms with E-state index in [0.717, 1.165) is 24.5 Å². The van der Waals surface area contributed by atoms with Gasteiger partial charge in [0.2, 0.25) is 0 Å². The minimum Gasteiger partial charge on any atom is -0.492 e. The molecule has 0 bridgehead atoms. The Morgan fingerprint density at radius 3 is 2.25 bits per heavy atom. The molecule has 1 aliphatic carbocycles. The number of anilines is 1. The number of hydrogen-bond acceptors (Lipinski definition) is 8. The van der Waals surface area contributed by atoms with E-state index in [1.54, 1.807) is 0 Å². The van der Waals surface area contributed by atoms with Crippen LogP contribution in [0.25, 0.3) is 0 Å². The Balaban J connectivity index is 1.51. The SMILES string of the molecule is CS(=O)(=O)c1ccc(OCC2(C(F)(F)F)CC2)c(C(=O)N2CCN(c3noc(C(F)(F)F)n3)CC2)c1. The molecule has 198 valence electrons. The van der Waals surface area contributed by atoms with Crippen molar-refractivity contribution in [1.29, 1.82) is 0 Å². The summed E-state index contributed by atoms with van der Waals surface area (Å²) in [6, 6.07) is 3.33. The molecular formula is C20H20F6N4O5S. The lowest BCUT2D eigenvalue weighted by Gasteiger charge is -2.34. The maximum atomic E-state index is 13.3. The molecule has 1 saturated carbocycles. The van der Waals surface area contributed by atoms with Gasteiger partial charge in [-0.05, 0) is 36.2 Å². The molecule has 9 nitrogen and oxygen atoms in total. The number of amides is 1. The zero-order valence-electron chi connectivity index (χ0n) is 18.7. The molecule has 0 spiro atoms. The lowest BCUT2D eigenvalue weighted by atomic mass is 10.1. The van der Waals surface area contributed by atoms with Gasteiger partial charge in [0, 0.05) is 32.4 Å². The normalized spacial score (nSPS) is 18.3. The summed E-state index contributed by atoms with van der Waals surface area (Å²) in [5, 5.41) is 3.30. The predicted octanol–water partition coefficient (Wildman–Crippen LogP) is 3.18. The van der Waals surface area contributed by atoms with Crippen molar-refractivity contribution >= 4 is 21.7 Å². The molecule has 1 amide bonds. The third-order valence-electron chi connectivity index (χ3n) is 6.08. The zero-order valence-corrected chi connectivity index (χ0v) is 19.5. The predicted molar refractivity (Wildman–Crippen MR) is 110 cm³/mol. The van der Waals surface area contributed by atoms with E-state index < -0.39 is 46.0 Å². The van der Waals surface area contributed by atoms with Gasteiger partial charge in [-0.2, -0.15) is 31.3 Å². The van der Waals surface area contributed by atoms with Gasteiger partial charge in [0.1, 0.15) is 17.8 Å². The second-order valence-corrected chi connectivity index (χ2v) is 10.7. The van der Waals surface area contributed by atoms with E-state index in [1.807, 2.05) is 0 Å². The molecule has 2 heterocycles. The van der Waals surface area contributed by atoms with Crippen LogP contribution in [0.5, 0.6) is 5.75 Å². The number of ether oxygens (including phenoxy) is 1. The Bertz CT molecular complexity index is 1250. The third-order valence-corrected chi connectivity index (χ3v) is 7.19. The number of rotatable bonds is 6. The summed E-state index contributed by atoms with van der Waals surface area (Å²) in [6.07, 6.45) is -8.61. The number of hydrogen-bond donors (Lipinski definition) is 0. The second kappa shape index (κ2) is 8.81. The van der Waals surface area contributed by atoms with Crippen molar-refractivity contribution in [2.75, 3.05) is 43.9 Å². The number of benzene rings is 1. The van der Waals surface area contributed by atoms with Gasteiger partial charge in [-0.25, -0.2) is 8.42 Å². The quantitative estimate of drug-likeness (QED) is 0.513. The molecule has 0 unspecified atom stereocenters. The van der Waals surface area contributed by atoms with E-state index >= 15 is 0 Å². The van der Waals surface area contributed by atoms with Crippen molar-refractivity contribution < 1.29 is 48.8 Å². The van der Waals surface area contributed by atoms with Gasteiger partial charge in [-0.15, -0.1) is 0 Å². The van der Waals surface area contributed by atoms with Crippen LogP contribution in [0.15, 0.2) is 27.6 Å². The first kappa shape index (κ1) is 26.0. The van der Waals surface area contributed by atoms with E-state index in [9.17, 15) is 39.6 Å². The van der Waals surface area contributed by atoms with E-state index in [1.165, 1.54) is 9.80 Å². The van der Waals surface area contributed by atoms with Crippen molar-refractivity contribution in [2.45, 2.75) is 30.1 Å². The van der Waals surface area contributed by atoms with Gasteiger partial charge in [0.25, 0.3) is 11.9 Å². The Morgan fingerprint density at radius 2 is 1.75 bits per heavy atom. The van der Waals surface area contributed by atoms with Crippen molar-refractivity contribution in [3.63, 3.8) is 0 Å². The van der Waals surface area contributed by atoms with Crippen LogP contribution in [0.3, 0.4) is 0 Å². The van der Waals surface area contributed by atoms with Crippen LogP contribution >= 0.6 is 0 Å². The summed E-state index contributed by atoms with van der Waals surface area (Å²) < 4.78 is 112. The Hall–Kier alpha value is -3.04. The van der Waals surface area contributed by atoms with Gasteiger partial charge in [-0.1, -0.05) is 0 Å². The first-order valence-electron chi connectivity index (χ1n) is 10.6. The number of piperazine rings is 1. The van der Waals surface area contributed by atoms with Gasteiger partial charge >= 0.3 is 18.2 Å². The van der Waals surface area contributed by atoms with E-state index in [0.29, 0.717) is 0 Å². The van der Waals surface area contributed by atoms with E-state index in [2.05, 4.69) is 14.7 Å². The highest BCUT2D eigenvalue weighted by Gasteiger charge is 2.64.